The van der Waals surface area contributed by atoms with Crippen molar-refractivity contribution in [1.29, 1.82) is 0 Å². The molecule has 0 saturated carbocycles. The van der Waals surface area contributed by atoms with Gasteiger partial charge in [-0.1, -0.05) is 32.1 Å². The zero-order valence-corrected chi connectivity index (χ0v) is 7.99. The van der Waals surface area contributed by atoms with E-state index >= 15 is 0 Å². The third-order valence-electron chi connectivity index (χ3n) is 1.95. The average Bonchev–Trinajstić information content (AvgIpc) is 1.84. The van der Waals surface area contributed by atoms with Gasteiger partial charge in [-0.3, -0.25) is 0 Å². The first kappa shape index (κ1) is 8.28. The van der Waals surface area contributed by atoms with Crippen molar-refractivity contribution in [2.75, 3.05) is 0 Å². The van der Waals surface area contributed by atoms with Crippen molar-refractivity contribution in [3.8, 4) is 0 Å². The van der Waals surface area contributed by atoms with Crippen LogP contribution in [0.1, 0.15) is 13.8 Å². The molecule has 1 aliphatic rings. The van der Waals surface area contributed by atoms with E-state index in [1.54, 1.807) is 0 Å². The van der Waals surface area contributed by atoms with Crippen LogP contribution in [0.25, 0.3) is 0 Å². The standard InChI is InChI=1S/C8H12S2/c1-8(2)6(9)4-3-5-7(8)10/h3-6,9-10H,1-2H3. The molecule has 0 radical (unpaired) electrons. The van der Waals surface area contributed by atoms with E-state index in [2.05, 4.69) is 45.2 Å². The summed E-state index contributed by atoms with van der Waals surface area (Å²) in [7, 11) is 0. The van der Waals surface area contributed by atoms with E-state index in [1.165, 1.54) is 0 Å². The van der Waals surface area contributed by atoms with Crippen molar-refractivity contribution < 1.29 is 0 Å². The molecule has 1 atom stereocenters. The maximum absolute atomic E-state index is 4.42. The zero-order chi connectivity index (χ0) is 7.78. The molecule has 0 aromatic rings. The number of hydrogen-bond acceptors (Lipinski definition) is 2. The smallest absolute Gasteiger partial charge is 0.0296 e. The molecular formula is C8H12S2. The van der Waals surface area contributed by atoms with Gasteiger partial charge in [-0.25, -0.2) is 0 Å². The van der Waals surface area contributed by atoms with Crippen LogP contribution >= 0.6 is 25.3 Å². The molecule has 0 bridgehead atoms. The summed E-state index contributed by atoms with van der Waals surface area (Å²) in [6.07, 6.45) is 6.11. The van der Waals surface area contributed by atoms with Crippen LogP contribution in [0.4, 0.5) is 0 Å². The molecule has 1 rings (SSSR count). The van der Waals surface area contributed by atoms with E-state index in [-0.39, 0.29) is 5.41 Å². The Hall–Kier alpha value is 0.180. The van der Waals surface area contributed by atoms with Gasteiger partial charge in [0.2, 0.25) is 0 Å². The van der Waals surface area contributed by atoms with E-state index in [1.807, 2.05) is 12.2 Å². The lowest BCUT2D eigenvalue weighted by atomic mass is 9.85. The lowest BCUT2D eigenvalue weighted by molar-refractivity contribution is 0.490. The van der Waals surface area contributed by atoms with Gasteiger partial charge in [0.1, 0.15) is 0 Å². The van der Waals surface area contributed by atoms with Gasteiger partial charge < -0.3 is 0 Å². The molecule has 1 unspecified atom stereocenters. The van der Waals surface area contributed by atoms with Gasteiger partial charge in [-0.15, -0.1) is 12.6 Å². The van der Waals surface area contributed by atoms with E-state index in [4.69, 9.17) is 0 Å². The van der Waals surface area contributed by atoms with Gasteiger partial charge >= 0.3 is 0 Å². The Bertz CT molecular complexity index is 189. The molecule has 10 heavy (non-hydrogen) atoms. The van der Waals surface area contributed by atoms with Gasteiger partial charge in [0, 0.05) is 10.7 Å². The lowest BCUT2D eigenvalue weighted by Crippen LogP contribution is -2.25. The second kappa shape index (κ2) is 2.67. The number of thiol groups is 2. The molecule has 0 nitrogen and oxygen atoms in total. The predicted molar refractivity (Wildman–Crippen MR) is 52.8 cm³/mol. The van der Waals surface area contributed by atoms with Gasteiger partial charge in [-0.2, -0.15) is 12.6 Å². The highest BCUT2D eigenvalue weighted by molar-refractivity contribution is 7.85. The highest BCUT2D eigenvalue weighted by Gasteiger charge is 2.28. The summed E-state index contributed by atoms with van der Waals surface area (Å²) < 4.78 is 0. The van der Waals surface area contributed by atoms with Gasteiger partial charge in [0.15, 0.2) is 0 Å². The topological polar surface area (TPSA) is 0 Å². The predicted octanol–water partition coefficient (Wildman–Crippen LogP) is 2.69. The molecule has 0 heterocycles. The Kier molecular flexibility index (Phi) is 2.21. The fraction of sp³-hybridized carbons (Fsp3) is 0.500. The van der Waals surface area contributed by atoms with Crippen LogP contribution in [0.5, 0.6) is 0 Å². The van der Waals surface area contributed by atoms with Crippen molar-refractivity contribution in [3.63, 3.8) is 0 Å². The van der Waals surface area contributed by atoms with Gasteiger partial charge in [0.05, 0.1) is 0 Å². The molecular weight excluding hydrogens is 160 g/mol. The van der Waals surface area contributed by atoms with Crippen molar-refractivity contribution in [2.24, 2.45) is 5.41 Å². The molecule has 2 heteroatoms. The summed E-state index contributed by atoms with van der Waals surface area (Å²) in [5.74, 6) is 0. The Balaban J connectivity index is 2.93. The van der Waals surface area contributed by atoms with Crippen molar-refractivity contribution in [2.45, 2.75) is 19.1 Å². The first-order valence-electron chi connectivity index (χ1n) is 3.31. The number of hydrogen-bond donors (Lipinski definition) is 2. The van der Waals surface area contributed by atoms with E-state index in [9.17, 15) is 0 Å². The Morgan fingerprint density at radius 2 is 2.10 bits per heavy atom. The first-order valence-corrected chi connectivity index (χ1v) is 4.27. The average molecular weight is 172 g/mol. The molecule has 0 amide bonds. The van der Waals surface area contributed by atoms with Crippen LogP contribution in [0.2, 0.25) is 0 Å². The van der Waals surface area contributed by atoms with Gasteiger partial charge in [-0.05, 0) is 4.91 Å². The minimum atomic E-state index is 0.0982. The zero-order valence-electron chi connectivity index (χ0n) is 6.20. The molecule has 0 spiro atoms. The summed E-state index contributed by atoms with van der Waals surface area (Å²) >= 11 is 8.79. The fourth-order valence-electron chi connectivity index (χ4n) is 0.859. The maximum Gasteiger partial charge on any atom is 0.0296 e. The number of allylic oxidation sites excluding steroid dienone is 3. The highest BCUT2D eigenvalue weighted by atomic mass is 32.1. The molecule has 0 aromatic heterocycles. The molecule has 0 fully saturated rings. The van der Waals surface area contributed by atoms with Crippen LogP contribution in [-0.4, -0.2) is 5.25 Å². The molecule has 0 aliphatic heterocycles. The number of rotatable bonds is 0. The Labute approximate surface area is 73.2 Å². The molecule has 0 saturated heterocycles. The molecule has 0 N–H and O–H groups in total. The van der Waals surface area contributed by atoms with E-state index in [0.29, 0.717) is 5.25 Å². The van der Waals surface area contributed by atoms with Crippen molar-refractivity contribution >= 4 is 25.3 Å². The van der Waals surface area contributed by atoms with Crippen LogP contribution in [-0.2, 0) is 0 Å². The third kappa shape index (κ3) is 1.28. The van der Waals surface area contributed by atoms with Crippen LogP contribution in [0.15, 0.2) is 23.1 Å². The minimum Gasteiger partial charge on any atom is -0.171 e. The van der Waals surface area contributed by atoms with E-state index in [0.717, 1.165) is 4.91 Å². The first-order chi connectivity index (χ1) is 4.55. The van der Waals surface area contributed by atoms with Gasteiger partial charge in [0.25, 0.3) is 0 Å². The summed E-state index contributed by atoms with van der Waals surface area (Å²) in [6.45, 7) is 4.29. The summed E-state index contributed by atoms with van der Waals surface area (Å²) in [5.41, 5.74) is 0.0982. The summed E-state index contributed by atoms with van der Waals surface area (Å²) in [4.78, 5) is 1.11. The summed E-state index contributed by atoms with van der Waals surface area (Å²) in [6, 6.07) is 0. The molecule has 0 aromatic carbocycles. The highest BCUT2D eigenvalue weighted by Crippen LogP contribution is 2.38. The third-order valence-corrected chi connectivity index (χ3v) is 3.49. The minimum absolute atomic E-state index is 0.0982. The van der Waals surface area contributed by atoms with E-state index < -0.39 is 0 Å². The normalized spacial score (nSPS) is 30.0. The van der Waals surface area contributed by atoms with Crippen LogP contribution < -0.4 is 0 Å². The van der Waals surface area contributed by atoms with Crippen LogP contribution in [0.3, 0.4) is 0 Å². The summed E-state index contributed by atoms with van der Waals surface area (Å²) in [5, 5.41) is 0.296. The largest absolute Gasteiger partial charge is 0.171 e. The lowest BCUT2D eigenvalue weighted by Gasteiger charge is -2.31. The van der Waals surface area contributed by atoms with Crippen molar-refractivity contribution in [1.82, 2.24) is 0 Å². The molecule has 1 aliphatic carbocycles. The second-order valence-electron chi connectivity index (χ2n) is 3.10. The SMILES string of the molecule is CC1(C)C(S)=CC=CC1S. The van der Waals surface area contributed by atoms with Crippen molar-refractivity contribution in [3.05, 3.63) is 23.1 Å². The maximum atomic E-state index is 4.42. The second-order valence-corrected chi connectivity index (χ2v) is 4.14. The Morgan fingerprint density at radius 1 is 1.50 bits per heavy atom. The molecule has 56 valence electrons. The Morgan fingerprint density at radius 3 is 2.50 bits per heavy atom. The quantitative estimate of drug-likeness (QED) is 0.516. The fourth-order valence-corrected chi connectivity index (χ4v) is 1.42. The van der Waals surface area contributed by atoms with Crippen LogP contribution in [0, 0.1) is 5.41 Å². The monoisotopic (exact) mass is 172 g/mol.